The summed E-state index contributed by atoms with van der Waals surface area (Å²) in [6.45, 7) is 0. The first kappa shape index (κ1) is 14.1. The Labute approximate surface area is 138 Å². The molecule has 0 aliphatic rings. The third kappa shape index (κ3) is 2.93. The molecule has 1 amide bonds. The molecule has 2 aromatic carbocycles. The van der Waals surface area contributed by atoms with Crippen LogP contribution in [0.25, 0.3) is 10.2 Å². The zero-order valence-electron chi connectivity index (χ0n) is 10.6. The Morgan fingerprint density at radius 2 is 2.10 bits per heavy atom. The first-order chi connectivity index (χ1) is 10.0. The molecule has 4 N–H and O–H groups in total. The van der Waals surface area contributed by atoms with Crippen molar-refractivity contribution >= 4 is 60.9 Å². The van der Waals surface area contributed by atoms with Crippen molar-refractivity contribution in [2.45, 2.75) is 0 Å². The minimum Gasteiger partial charge on any atom is -0.507 e. The van der Waals surface area contributed by atoms with Crippen LogP contribution in [0.5, 0.6) is 5.75 Å². The number of hydrogen-bond acceptors (Lipinski definition) is 5. The van der Waals surface area contributed by atoms with Crippen LogP contribution in [0.3, 0.4) is 0 Å². The number of fused-ring (bicyclic) bond motifs is 1. The van der Waals surface area contributed by atoms with Crippen molar-refractivity contribution in [3.63, 3.8) is 0 Å². The van der Waals surface area contributed by atoms with Gasteiger partial charge >= 0.3 is 0 Å². The van der Waals surface area contributed by atoms with Crippen LogP contribution in [0.2, 0.25) is 0 Å². The van der Waals surface area contributed by atoms with Gasteiger partial charge in [0.25, 0.3) is 5.91 Å². The van der Waals surface area contributed by atoms with E-state index in [9.17, 15) is 9.90 Å². The van der Waals surface area contributed by atoms with Crippen LogP contribution in [0.4, 0.5) is 10.8 Å². The number of phenolic OH excluding ortho intramolecular Hbond substituents is 1. The lowest BCUT2D eigenvalue weighted by molar-refractivity contribution is 0.102. The van der Waals surface area contributed by atoms with Crippen molar-refractivity contribution in [1.29, 1.82) is 0 Å². The van der Waals surface area contributed by atoms with Gasteiger partial charge in [0.1, 0.15) is 5.75 Å². The quantitative estimate of drug-likeness (QED) is 0.445. The molecule has 0 spiro atoms. The molecule has 0 aliphatic carbocycles. The molecule has 0 saturated heterocycles. The van der Waals surface area contributed by atoms with Gasteiger partial charge in [-0.1, -0.05) is 11.3 Å². The molecule has 3 aromatic rings. The third-order valence-electron chi connectivity index (χ3n) is 2.84. The number of carbonyl (C=O) groups is 1. The molecule has 0 radical (unpaired) electrons. The predicted molar refractivity (Wildman–Crippen MR) is 92.8 cm³/mol. The van der Waals surface area contributed by atoms with Crippen LogP contribution < -0.4 is 11.1 Å². The van der Waals surface area contributed by atoms with Crippen LogP contribution in [0, 0.1) is 3.57 Å². The van der Waals surface area contributed by atoms with Gasteiger partial charge in [-0.2, -0.15) is 0 Å². The summed E-state index contributed by atoms with van der Waals surface area (Å²) in [7, 11) is 0. The molecule has 1 aromatic heterocycles. The fourth-order valence-electron chi connectivity index (χ4n) is 1.82. The Kier molecular flexibility index (Phi) is 3.68. The largest absolute Gasteiger partial charge is 0.507 e. The number of anilines is 2. The topological polar surface area (TPSA) is 88.2 Å². The number of aromatic hydroxyl groups is 1. The molecular weight excluding hydrogens is 401 g/mol. The second kappa shape index (κ2) is 5.49. The van der Waals surface area contributed by atoms with Crippen LogP contribution in [0.1, 0.15) is 10.4 Å². The van der Waals surface area contributed by atoms with Gasteiger partial charge in [0, 0.05) is 11.3 Å². The average Bonchev–Trinajstić information content (AvgIpc) is 2.83. The lowest BCUT2D eigenvalue weighted by Gasteiger charge is -2.03. The maximum absolute atomic E-state index is 12.1. The van der Waals surface area contributed by atoms with E-state index in [1.54, 1.807) is 18.2 Å². The fourth-order valence-corrected chi connectivity index (χ4v) is 3.06. The second-order valence-corrected chi connectivity index (χ2v) is 6.56. The highest BCUT2D eigenvalue weighted by molar-refractivity contribution is 14.1. The molecule has 7 heteroatoms. The van der Waals surface area contributed by atoms with Crippen molar-refractivity contribution in [3.8, 4) is 5.75 Å². The molecular formula is C14H10IN3O2S. The van der Waals surface area contributed by atoms with Crippen LogP contribution >= 0.6 is 33.9 Å². The number of amides is 1. The molecule has 106 valence electrons. The zero-order chi connectivity index (χ0) is 15.0. The monoisotopic (exact) mass is 411 g/mol. The Morgan fingerprint density at radius 3 is 2.86 bits per heavy atom. The normalized spacial score (nSPS) is 10.7. The van der Waals surface area contributed by atoms with E-state index < -0.39 is 0 Å². The molecule has 21 heavy (non-hydrogen) atoms. The first-order valence-corrected chi connectivity index (χ1v) is 7.88. The number of benzene rings is 2. The lowest BCUT2D eigenvalue weighted by atomic mass is 10.2. The zero-order valence-corrected chi connectivity index (χ0v) is 13.6. The highest BCUT2D eigenvalue weighted by Crippen LogP contribution is 2.28. The smallest absolute Gasteiger partial charge is 0.257 e. The number of carbonyl (C=O) groups excluding carboxylic acids is 1. The number of phenols is 1. The van der Waals surface area contributed by atoms with E-state index in [2.05, 4.69) is 10.3 Å². The van der Waals surface area contributed by atoms with Crippen LogP contribution in [-0.2, 0) is 0 Å². The molecule has 5 nitrogen and oxygen atoms in total. The Bertz CT molecular complexity index is 847. The van der Waals surface area contributed by atoms with E-state index in [4.69, 9.17) is 5.73 Å². The van der Waals surface area contributed by atoms with Crippen LogP contribution in [0.15, 0.2) is 36.4 Å². The summed E-state index contributed by atoms with van der Waals surface area (Å²) in [5, 5.41) is 12.9. The molecule has 0 unspecified atom stereocenters. The van der Waals surface area contributed by atoms with Gasteiger partial charge < -0.3 is 10.8 Å². The van der Waals surface area contributed by atoms with E-state index >= 15 is 0 Å². The number of halogens is 1. The Morgan fingerprint density at radius 1 is 1.29 bits per heavy atom. The average molecular weight is 411 g/mol. The van der Waals surface area contributed by atoms with E-state index in [1.807, 2.05) is 34.7 Å². The minimum absolute atomic E-state index is 0.0836. The summed E-state index contributed by atoms with van der Waals surface area (Å²) >= 11 is 3.35. The van der Waals surface area contributed by atoms with E-state index in [0.29, 0.717) is 20.0 Å². The summed E-state index contributed by atoms with van der Waals surface area (Å²) in [4.78, 5) is 16.5. The maximum atomic E-state index is 12.1. The van der Waals surface area contributed by atoms with Gasteiger partial charge in [-0.05, 0) is 59.0 Å². The van der Waals surface area contributed by atoms with Gasteiger partial charge in [-0.25, -0.2) is 4.98 Å². The number of thiazole rings is 1. The second-order valence-electron chi connectivity index (χ2n) is 4.37. The number of nitrogens with zero attached hydrogens (tertiary/aromatic N) is 1. The van der Waals surface area contributed by atoms with E-state index in [0.717, 1.165) is 10.2 Å². The highest BCUT2D eigenvalue weighted by Gasteiger charge is 2.11. The number of nitrogen functional groups attached to an aromatic ring is 1. The Balaban J connectivity index is 1.87. The minimum atomic E-state index is -0.311. The lowest BCUT2D eigenvalue weighted by Crippen LogP contribution is -2.11. The standard InChI is InChI=1S/C14H10IN3O2S/c15-9-3-1-7(5-11(9)19)13(20)18-14-17-10-4-2-8(16)6-12(10)21-14/h1-6,19H,16H2,(H,17,18,20). The van der Waals surface area contributed by atoms with Crippen molar-refractivity contribution in [2.24, 2.45) is 0 Å². The van der Waals surface area contributed by atoms with Gasteiger partial charge in [0.2, 0.25) is 0 Å². The van der Waals surface area contributed by atoms with Gasteiger partial charge in [0.05, 0.1) is 13.8 Å². The first-order valence-electron chi connectivity index (χ1n) is 5.99. The number of rotatable bonds is 2. The molecule has 0 aliphatic heterocycles. The predicted octanol–water partition coefficient (Wildman–Crippen LogP) is 3.44. The molecule has 1 heterocycles. The van der Waals surface area contributed by atoms with Gasteiger partial charge in [-0.3, -0.25) is 10.1 Å². The Hall–Kier alpha value is -1.87. The summed E-state index contributed by atoms with van der Waals surface area (Å²) < 4.78 is 1.61. The molecule has 0 saturated carbocycles. The number of aromatic nitrogens is 1. The van der Waals surface area contributed by atoms with Crippen molar-refractivity contribution in [3.05, 3.63) is 45.5 Å². The van der Waals surface area contributed by atoms with Gasteiger partial charge in [-0.15, -0.1) is 0 Å². The molecule has 0 atom stereocenters. The van der Waals surface area contributed by atoms with Crippen molar-refractivity contribution in [2.75, 3.05) is 11.1 Å². The molecule has 3 rings (SSSR count). The SMILES string of the molecule is Nc1ccc2nc(NC(=O)c3ccc(I)c(O)c3)sc2c1. The number of hydrogen-bond donors (Lipinski definition) is 3. The summed E-state index contributed by atoms with van der Waals surface area (Å²) in [6.07, 6.45) is 0. The molecule has 0 bridgehead atoms. The van der Waals surface area contributed by atoms with Crippen molar-refractivity contribution in [1.82, 2.24) is 4.98 Å². The summed E-state index contributed by atoms with van der Waals surface area (Å²) in [6, 6.07) is 10.2. The van der Waals surface area contributed by atoms with Crippen LogP contribution in [-0.4, -0.2) is 16.0 Å². The van der Waals surface area contributed by atoms with Crippen molar-refractivity contribution < 1.29 is 9.90 Å². The highest BCUT2D eigenvalue weighted by atomic mass is 127. The van der Waals surface area contributed by atoms with E-state index in [1.165, 1.54) is 17.4 Å². The number of nitrogens with two attached hydrogens (primary N) is 1. The van der Waals surface area contributed by atoms with E-state index in [-0.39, 0.29) is 11.7 Å². The summed E-state index contributed by atoms with van der Waals surface area (Å²) in [5.74, 6) is -0.228. The number of nitrogens with one attached hydrogen (secondary N) is 1. The maximum Gasteiger partial charge on any atom is 0.257 e. The molecule has 0 fully saturated rings. The fraction of sp³-hybridized carbons (Fsp3) is 0. The third-order valence-corrected chi connectivity index (χ3v) is 4.69. The van der Waals surface area contributed by atoms with Gasteiger partial charge in [0.15, 0.2) is 5.13 Å². The summed E-state index contributed by atoms with van der Waals surface area (Å²) in [5.41, 5.74) is 7.55.